The monoisotopic (exact) mass is 293 g/mol. The van der Waals surface area contributed by atoms with E-state index in [0.717, 1.165) is 19.6 Å². The van der Waals surface area contributed by atoms with Crippen LogP contribution in [0.4, 0.5) is 0 Å². The molecule has 17 heavy (non-hydrogen) atoms. The van der Waals surface area contributed by atoms with Gasteiger partial charge in [0.25, 0.3) is 0 Å². The van der Waals surface area contributed by atoms with E-state index in [1.54, 1.807) is 0 Å². The molecule has 0 saturated carbocycles. The van der Waals surface area contributed by atoms with Gasteiger partial charge in [-0.25, -0.2) is 0 Å². The molecule has 3 rings (SSSR count). The molecule has 0 spiro atoms. The van der Waals surface area contributed by atoms with Gasteiger partial charge in [0.2, 0.25) is 0 Å². The van der Waals surface area contributed by atoms with Crippen molar-refractivity contribution >= 4 is 26.8 Å². The van der Waals surface area contributed by atoms with E-state index in [1.165, 1.54) is 28.2 Å². The van der Waals surface area contributed by atoms with Crippen LogP contribution in [0.15, 0.2) is 34.9 Å². The Balaban J connectivity index is 1.78. The Morgan fingerprint density at radius 1 is 1.35 bits per heavy atom. The maximum Gasteiger partial charge on any atom is 0.0593 e. The van der Waals surface area contributed by atoms with Crippen molar-refractivity contribution in [2.75, 3.05) is 6.61 Å². The van der Waals surface area contributed by atoms with Crippen molar-refractivity contribution in [3.05, 3.63) is 34.9 Å². The minimum Gasteiger partial charge on any atom is -0.378 e. The van der Waals surface area contributed by atoms with Gasteiger partial charge in [-0.2, -0.15) is 0 Å². The number of ether oxygens (including phenoxy) is 1. The van der Waals surface area contributed by atoms with Gasteiger partial charge in [0, 0.05) is 34.7 Å². The Hall–Kier alpha value is -0.800. The Morgan fingerprint density at radius 3 is 3.12 bits per heavy atom. The molecule has 3 heteroatoms. The molecule has 0 radical (unpaired) electrons. The second-order valence-electron chi connectivity index (χ2n) is 4.61. The van der Waals surface area contributed by atoms with Crippen LogP contribution in [0.5, 0.6) is 0 Å². The molecule has 90 valence electrons. The molecule has 1 unspecified atom stereocenters. The van der Waals surface area contributed by atoms with Crippen molar-refractivity contribution in [2.24, 2.45) is 0 Å². The fraction of sp³-hybridized carbons (Fsp3) is 0.429. The molecular weight excluding hydrogens is 278 g/mol. The summed E-state index contributed by atoms with van der Waals surface area (Å²) in [4.78, 5) is 0. The van der Waals surface area contributed by atoms with Crippen LogP contribution in [-0.4, -0.2) is 17.3 Å². The lowest BCUT2D eigenvalue weighted by Crippen LogP contribution is -2.09. The first-order valence-corrected chi connectivity index (χ1v) is 6.99. The third-order valence-electron chi connectivity index (χ3n) is 3.48. The second kappa shape index (κ2) is 4.83. The molecule has 1 saturated heterocycles. The number of aromatic nitrogens is 1. The highest BCUT2D eigenvalue weighted by Gasteiger charge is 2.15. The highest BCUT2D eigenvalue weighted by atomic mass is 79.9. The van der Waals surface area contributed by atoms with Gasteiger partial charge in [-0.15, -0.1) is 0 Å². The lowest BCUT2D eigenvalue weighted by Gasteiger charge is -2.10. The highest BCUT2D eigenvalue weighted by Crippen LogP contribution is 2.25. The predicted octanol–water partition coefficient (Wildman–Crippen LogP) is 3.97. The SMILES string of the molecule is Brc1cccc2c1ccn2CCC1CCCO1. The molecule has 1 aliphatic heterocycles. The summed E-state index contributed by atoms with van der Waals surface area (Å²) in [5.41, 5.74) is 1.30. The summed E-state index contributed by atoms with van der Waals surface area (Å²) in [7, 11) is 0. The topological polar surface area (TPSA) is 14.2 Å². The molecule has 2 aromatic rings. The zero-order valence-electron chi connectivity index (χ0n) is 9.73. The van der Waals surface area contributed by atoms with Crippen LogP contribution in [0.3, 0.4) is 0 Å². The van der Waals surface area contributed by atoms with Crippen molar-refractivity contribution in [3.63, 3.8) is 0 Å². The minimum atomic E-state index is 0.472. The van der Waals surface area contributed by atoms with E-state index >= 15 is 0 Å². The Kier molecular flexibility index (Phi) is 3.21. The summed E-state index contributed by atoms with van der Waals surface area (Å²) in [6.07, 6.45) is 6.21. The second-order valence-corrected chi connectivity index (χ2v) is 5.46. The van der Waals surface area contributed by atoms with Crippen LogP contribution < -0.4 is 0 Å². The van der Waals surface area contributed by atoms with E-state index in [2.05, 4.69) is 51.0 Å². The summed E-state index contributed by atoms with van der Waals surface area (Å²) in [6, 6.07) is 8.53. The summed E-state index contributed by atoms with van der Waals surface area (Å²) >= 11 is 3.59. The summed E-state index contributed by atoms with van der Waals surface area (Å²) < 4.78 is 9.16. The molecule has 2 heterocycles. The molecule has 0 amide bonds. The van der Waals surface area contributed by atoms with Gasteiger partial charge in [-0.3, -0.25) is 0 Å². The molecule has 0 aliphatic carbocycles. The standard InChI is InChI=1S/C14H16BrNO/c15-13-4-1-5-14-12(13)7-9-16(14)8-6-11-3-2-10-17-11/h1,4-5,7,9,11H,2-3,6,8,10H2. The molecule has 1 aromatic carbocycles. The molecule has 1 aromatic heterocycles. The largest absolute Gasteiger partial charge is 0.378 e. The quantitative estimate of drug-likeness (QED) is 0.835. The molecule has 1 atom stereocenters. The average molecular weight is 294 g/mol. The van der Waals surface area contributed by atoms with E-state index in [-0.39, 0.29) is 0 Å². The molecule has 1 fully saturated rings. The summed E-state index contributed by atoms with van der Waals surface area (Å²) in [6.45, 7) is 1.99. The number of hydrogen-bond donors (Lipinski definition) is 0. The Labute approximate surface area is 110 Å². The van der Waals surface area contributed by atoms with Crippen molar-refractivity contribution in [3.8, 4) is 0 Å². The predicted molar refractivity (Wildman–Crippen MR) is 73.2 cm³/mol. The number of fused-ring (bicyclic) bond motifs is 1. The van der Waals surface area contributed by atoms with E-state index in [0.29, 0.717) is 6.10 Å². The van der Waals surface area contributed by atoms with Gasteiger partial charge in [-0.1, -0.05) is 22.0 Å². The zero-order valence-corrected chi connectivity index (χ0v) is 11.3. The third-order valence-corrected chi connectivity index (χ3v) is 4.17. The van der Waals surface area contributed by atoms with Gasteiger partial charge in [-0.05, 0) is 37.5 Å². The van der Waals surface area contributed by atoms with Gasteiger partial charge < -0.3 is 9.30 Å². The number of nitrogens with zero attached hydrogens (tertiary/aromatic N) is 1. The fourth-order valence-electron chi connectivity index (χ4n) is 2.54. The number of rotatable bonds is 3. The van der Waals surface area contributed by atoms with Gasteiger partial charge in [0.15, 0.2) is 0 Å². The lowest BCUT2D eigenvalue weighted by molar-refractivity contribution is 0.101. The van der Waals surface area contributed by atoms with Gasteiger partial charge in [0.05, 0.1) is 6.10 Å². The molecule has 2 nitrogen and oxygen atoms in total. The van der Waals surface area contributed by atoms with Crippen LogP contribution in [0.2, 0.25) is 0 Å². The molecular formula is C14H16BrNO. The number of benzene rings is 1. The number of hydrogen-bond acceptors (Lipinski definition) is 1. The van der Waals surface area contributed by atoms with Crippen molar-refractivity contribution in [1.29, 1.82) is 0 Å². The summed E-state index contributed by atoms with van der Waals surface area (Å²) in [5.74, 6) is 0. The number of aryl methyl sites for hydroxylation is 1. The highest BCUT2D eigenvalue weighted by molar-refractivity contribution is 9.10. The maximum atomic E-state index is 5.66. The van der Waals surface area contributed by atoms with Crippen molar-refractivity contribution < 1.29 is 4.74 Å². The Bertz CT molecular complexity index is 514. The average Bonchev–Trinajstić information content (AvgIpc) is 2.95. The van der Waals surface area contributed by atoms with Crippen LogP contribution in [0.1, 0.15) is 19.3 Å². The van der Waals surface area contributed by atoms with Gasteiger partial charge in [0.1, 0.15) is 0 Å². The van der Waals surface area contributed by atoms with Crippen molar-refractivity contribution in [2.45, 2.75) is 31.9 Å². The first kappa shape index (κ1) is 11.3. The maximum absolute atomic E-state index is 5.66. The van der Waals surface area contributed by atoms with E-state index in [4.69, 9.17) is 4.74 Å². The smallest absolute Gasteiger partial charge is 0.0593 e. The first-order valence-electron chi connectivity index (χ1n) is 6.19. The van der Waals surface area contributed by atoms with Gasteiger partial charge >= 0.3 is 0 Å². The fourth-order valence-corrected chi connectivity index (χ4v) is 3.02. The lowest BCUT2D eigenvalue weighted by atomic mass is 10.2. The molecule has 1 aliphatic rings. The Morgan fingerprint density at radius 2 is 2.29 bits per heavy atom. The van der Waals surface area contributed by atoms with E-state index in [9.17, 15) is 0 Å². The summed E-state index contributed by atoms with van der Waals surface area (Å²) in [5, 5.41) is 1.29. The van der Waals surface area contributed by atoms with Crippen LogP contribution in [0.25, 0.3) is 10.9 Å². The number of halogens is 1. The van der Waals surface area contributed by atoms with Crippen LogP contribution in [-0.2, 0) is 11.3 Å². The first-order chi connectivity index (χ1) is 8.34. The molecule has 0 N–H and O–H groups in total. The van der Waals surface area contributed by atoms with Crippen LogP contribution in [0, 0.1) is 0 Å². The third kappa shape index (κ3) is 2.26. The van der Waals surface area contributed by atoms with Crippen LogP contribution >= 0.6 is 15.9 Å². The molecule has 0 bridgehead atoms. The van der Waals surface area contributed by atoms with E-state index < -0.39 is 0 Å². The normalized spacial score (nSPS) is 20.2. The van der Waals surface area contributed by atoms with Crippen molar-refractivity contribution in [1.82, 2.24) is 4.57 Å². The zero-order chi connectivity index (χ0) is 11.7. The minimum absolute atomic E-state index is 0.472. The van der Waals surface area contributed by atoms with E-state index in [1.807, 2.05) is 0 Å².